The Balaban J connectivity index is 1.68. The number of aliphatic hydroxyl groups excluding tert-OH is 10. The lowest BCUT2D eigenvalue weighted by atomic mass is 9.81. The van der Waals surface area contributed by atoms with Gasteiger partial charge in [0, 0.05) is 70.2 Å². The van der Waals surface area contributed by atoms with Crippen molar-refractivity contribution in [2.75, 3.05) is 52.9 Å². The molecule has 81 heavy (non-hydrogen) atoms. The van der Waals surface area contributed by atoms with Gasteiger partial charge in [-0.2, -0.15) is 0 Å². The molecule has 20 atom stereocenters. The van der Waals surface area contributed by atoms with E-state index in [1.165, 1.54) is 18.7 Å². The van der Waals surface area contributed by atoms with Gasteiger partial charge in [-0.25, -0.2) is 0 Å². The maximum Gasteiger partial charge on any atom is 0.308 e. The third kappa shape index (κ3) is 23.1. The molecule has 2 amide bonds. The van der Waals surface area contributed by atoms with Gasteiger partial charge < -0.3 is 95.8 Å². The quantitative estimate of drug-likeness (QED) is 0.122. The zero-order valence-corrected chi connectivity index (χ0v) is 47.7. The van der Waals surface area contributed by atoms with Crippen LogP contribution in [0.5, 0.6) is 0 Å². The van der Waals surface area contributed by atoms with Gasteiger partial charge in [0.05, 0.1) is 98.2 Å². The van der Waals surface area contributed by atoms with Gasteiger partial charge in [0.2, 0.25) is 11.8 Å². The number of carbonyl (C=O) groups excluding carboxylic acids is 3. The van der Waals surface area contributed by atoms with E-state index in [0.29, 0.717) is 13.1 Å². The van der Waals surface area contributed by atoms with Crippen LogP contribution in [-0.2, 0) is 33.3 Å². The number of rotatable bonds is 9. The predicted octanol–water partition coefficient (Wildman–Crippen LogP) is -1.11. The van der Waals surface area contributed by atoms with Crippen LogP contribution in [0.3, 0.4) is 0 Å². The Kier molecular flexibility index (Phi) is 29.1. The smallest absolute Gasteiger partial charge is 0.308 e. The zero-order valence-electron chi connectivity index (χ0n) is 47.7. The van der Waals surface area contributed by atoms with Gasteiger partial charge >= 0.3 is 5.97 Å². The summed E-state index contributed by atoms with van der Waals surface area (Å²) < 4.78 is 24.3. The average molecular weight is 1150 g/mol. The fraction of sp³-hybridized carbons (Fsp3) is 0.707. The van der Waals surface area contributed by atoms with E-state index in [1.807, 2.05) is 30.1 Å². The molecule has 0 radical (unpaired) electrons. The minimum Gasteiger partial charge on any atom is -0.462 e. The molecule has 23 heteroatoms. The van der Waals surface area contributed by atoms with E-state index in [2.05, 4.69) is 10.6 Å². The van der Waals surface area contributed by atoms with Crippen molar-refractivity contribution < 1.29 is 94.6 Å². The summed E-state index contributed by atoms with van der Waals surface area (Å²) in [5.74, 6) is -6.29. The minimum absolute atomic E-state index is 0.124. The number of β-amino-alcohol motifs (C(OH)–C–C–N with tert-alkyl or cyclic N) is 1. The first kappa shape index (κ1) is 69.4. The monoisotopic (exact) mass is 1150 g/mol. The number of hydrogen-bond acceptors (Lipinski definition) is 21. The second-order valence-corrected chi connectivity index (χ2v) is 22.5. The molecule has 2 bridgehead atoms. The van der Waals surface area contributed by atoms with Crippen LogP contribution in [0, 0.1) is 17.8 Å². The summed E-state index contributed by atoms with van der Waals surface area (Å²) in [6.45, 7) is 8.71. The topological polar surface area (TPSA) is 361 Å². The van der Waals surface area contributed by atoms with Crippen molar-refractivity contribution in [3.63, 3.8) is 0 Å². The van der Waals surface area contributed by atoms with Gasteiger partial charge in [-0.05, 0) is 47.1 Å². The number of carbonyl (C=O) groups is 3. The molecule has 14 N–H and O–H groups in total. The van der Waals surface area contributed by atoms with E-state index < -0.39 is 165 Å². The molecular weight excluding hydrogens is 1060 g/mol. The van der Waals surface area contributed by atoms with E-state index in [0.717, 1.165) is 0 Å². The number of esters is 1. The standard InChI is InChI=1S/C58H94N4O19/c1-36-19-17-15-13-11-9-7-8-10-12-14-16-18-20-43(80-56-54(74)51(53(73)39(4)79-56)60-48(70)33-59-6)30-47-50(55(75)62-25-23-61(24-26-62)34-57(5,76)35-63)46(69)32-58(77,81-47)31-42(66)28-45(68)44(67)22-21-40(64)27-41(65)29-49(71)78-38(3)37(2)52(36)72/h7-20,36-47,50-54,56,59,63-69,72-74,76-77H,21-35H2,1-6H3,(H,60,70)/b8-7+,11-9+,12-10+,15-13+,16-14+,19-17+,20-18+/t36-,37-,38-,39+,40+,41+,42-,43-,44+,45+,46-,47-,50+,51-,52+,53+,54-,56-,57?,58+/m0/s1. The molecule has 460 valence electrons. The number of cyclic esters (lactones) is 1. The third-order valence-electron chi connectivity index (χ3n) is 15.2. The van der Waals surface area contributed by atoms with Crippen molar-refractivity contribution in [2.45, 2.75) is 189 Å². The van der Waals surface area contributed by atoms with E-state index in [4.69, 9.17) is 18.9 Å². The summed E-state index contributed by atoms with van der Waals surface area (Å²) in [6, 6.07) is -1.25. The SMILES string of the molecule is CNCC(=O)N[C@@H]1[C@H](O)[C@H](O[C@H]2/C=C/C=C/C=C/C=C/C=C/C=C/C=C/[C@H](C)[C@@H](O)[C@@H](C)[C@H](C)OC(=O)C[C@H](O)C[C@H](O)CC[C@@H](O)[C@H](O)C[C@H](O)C[C@]3(O)C[C@H](O)[C@@H](C(=O)N4CCN(CC(C)(O)CO)CC4)[C@H](C2)O3)O[C@H](C)[C@H]1O. The highest BCUT2D eigenvalue weighted by atomic mass is 16.7. The summed E-state index contributed by atoms with van der Waals surface area (Å²) in [5, 5.41) is 138. The largest absolute Gasteiger partial charge is 0.462 e. The normalized spacial score (nSPS) is 41.0. The Labute approximate surface area is 476 Å². The van der Waals surface area contributed by atoms with E-state index in [1.54, 1.807) is 87.7 Å². The second-order valence-electron chi connectivity index (χ2n) is 22.5. The number of piperazine rings is 1. The van der Waals surface area contributed by atoms with Gasteiger partial charge in [0.15, 0.2) is 12.1 Å². The molecular formula is C58H94N4O19. The number of amides is 2. The van der Waals surface area contributed by atoms with Crippen LogP contribution in [0.15, 0.2) is 85.1 Å². The fourth-order valence-electron chi connectivity index (χ4n) is 10.4. The molecule has 0 saturated carbocycles. The highest BCUT2D eigenvalue weighted by Gasteiger charge is 2.52. The van der Waals surface area contributed by atoms with Crippen LogP contribution in [-0.4, -0.2) is 245 Å². The molecule has 0 spiro atoms. The molecule has 0 aromatic carbocycles. The molecule has 1 unspecified atom stereocenters. The number of ether oxygens (including phenoxy) is 4. The number of nitrogens with one attached hydrogen (secondary N) is 2. The van der Waals surface area contributed by atoms with E-state index >= 15 is 0 Å². The van der Waals surface area contributed by atoms with Crippen molar-refractivity contribution in [2.24, 2.45) is 17.8 Å². The maximum absolute atomic E-state index is 14.7. The van der Waals surface area contributed by atoms with Gasteiger partial charge in [0.25, 0.3) is 0 Å². The average Bonchev–Trinajstić information content (AvgIpc) is 3.46. The Morgan fingerprint density at radius 2 is 1.31 bits per heavy atom. The highest BCUT2D eigenvalue weighted by molar-refractivity contribution is 5.80. The van der Waals surface area contributed by atoms with Crippen molar-refractivity contribution >= 4 is 17.8 Å². The highest BCUT2D eigenvalue weighted by Crippen LogP contribution is 2.39. The lowest BCUT2D eigenvalue weighted by Crippen LogP contribution is -2.64. The molecule has 4 aliphatic rings. The van der Waals surface area contributed by atoms with Crippen molar-refractivity contribution in [3.05, 3.63) is 85.1 Å². The molecule has 3 fully saturated rings. The Morgan fingerprint density at radius 1 is 0.716 bits per heavy atom. The summed E-state index contributed by atoms with van der Waals surface area (Å²) in [5.41, 5.74) is -1.39. The van der Waals surface area contributed by atoms with Crippen molar-refractivity contribution in [3.8, 4) is 0 Å². The Hall–Kier alpha value is -4.09. The number of aliphatic hydroxyl groups is 12. The first-order valence-corrected chi connectivity index (χ1v) is 28.3. The first-order valence-electron chi connectivity index (χ1n) is 28.3. The molecule has 4 heterocycles. The van der Waals surface area contributed by atoms with Crippen LogP contribution in [0.25, 0.3) is 0 Å². The number of likely N-dealkylation sites (N-methyl/N-ethyl adjacent to an activating group) is 1. The lowest BCUT2D eigenvalue weighted by molar-refractivity contribution is -0.308. The number of allylic oxidation sites excluding steroid dienone is 12. The van der Waals surface area contributed by atoms with Crippen molar-refractivity contribution in [1.29, 1.82) is 0 Å². The molecule has 0 aromatic rings. The summed E-state index contributed by atoms with van der Waals surface area (Å²) >= 11 is 0. The predicted molar refractivity (Wildman–Crippen MR) is 298 cm³/mol. The minimum atomic E-state index is -2.35. The van der Waals surface area contributed by atoms with Gasteiger partial charge in [-0.3, -0.25) is 19.3 Å². The van der Waals surface area contributed by atoms with E-state index in [9.17, 15) is 75.7 Å². The van der Waals surface area contributed by atoms with Gasteiger partial charge in [-0.1, -0.05) is 98.9 Å². The molecule has 4 aliphatic heterocycles. The summed E-state index contributed by atoms with van der Waals surface area (Å²) in [4.78, 5) is 43.5. The molecule has 0 aliphatic carbocycles. The second kappa shape index (κ2) is 34.0. The van der Waals surface area contributed by atoms with Crippen LogP contribution in [0.4, 0.5) is 0 Å². The Morgan fingerprint density at radius 3 is 1.90 bits per heavy atom. The van der Waals surface area contributed by atoms with Crippen molar-refractivity contribution in [1.82, 2.24) is 20.4 Å². The number of hydrogen-bond donors (Lipinski definition) is 14. The first-order chi connectivity index (χ1) is 38.3. The summed E-state index contributed by atoms with van der Waals surface area (Å²) in [7, 11) is 1.55. The number of nitrogens with zero attached hydrogens (tertiary/aromatic N) is 2. The number of fused-ring (bicyclic) bond motifs is 2. The molecule has 4 rings (SSSR count). The molecule has 0 aromatic heterocycles. The fourth-order valence-corrected chi connectivity index (χ4v) is 10.4. The molecule has 23 nitrogen and oxygen atoms in total. The summed E-state index contributed by atoms with van der Waals surface area (Å²) in [6.07, 6.45) is 3.04. The van der Waals surface area contributed by atoms with Crippen LogP contribution >= 0.6 is 0 Å². The van der Waals surface area contributed by atoms with Gasteiger partial charge in [0.1, 0.15) is 18.3 Å². The van der Waals surface area contributed by atoms with Crippen LogP contribution in [0.1, 0.15) is 86.0 Å². The lowest BCUT2D eigenvalue weighted by Gasteiger charge is -2.47. The Bertz CT molecular complexity index is 2130. The van der Waals surface area contributed by atoms with Crippen LogP contribution in [0.2, 0.25) is 0 Å². The van der Waals surface area contributed by atoms with E-state index in [-0.39, 0.29) is 57.8 Å². The zero-order chi connectivity index (χ0) is 60.0. The molecule has 3 saturated heterocycles. The van der Waals surface area contributed by atoms with Gasteiger partial charge in [-0.15, -0.1) is 0 Å². The maximum atomic E-state index is 14.7. The van der Waals surface area contributed by atoms with Crippen LogP contribution < -0.4 is 10.6 Å². The third-order valence-corrected chi connectivity index (χ3v) is 15.2.